The van der Waals surface area contributed by atoms with Gasteiger partial charge in [-0.1, -0.05) is 12.1 Å². The molecule has 2 rings (SSSR count). The Morgan fingerprint density at radius 1 is 1.27 bits per heavy atom. The highest BCUT2D eigenvalue weighted by Gasteiger charge is 2.29. The van der Waals surface area contributed by atoms with E-state index in [1.54, 1.807) is 0 Å². The van der Waals surface area contributed by atoms with Crippen LogP contribution in [0, 0.1) is 0 Å². The van der Waals surface area contributed by atoms with Crippen LogP contribution in [0.3, 0.4) is 0 Å². The molecule has 2 N–H and O–H groups in total. The van der Waals surface area contributed by atoms with Gasteiger partial charge in [0.1, 0.15) is 4.90 Å². The van der Waals surface area contributed by atoms with E-state index in [9.17, 15) is 13.5 Å². The summed E-state index contributed by atoms with van der Waals surface area (Å²) < 4.78 is 36.1. The third-order valence-corrected chi connectivity index (χ3v) is 3.81. The Balaban J connectivity index is 0.000000422. The molecular formula is C14H18N2O5S. The van der Waals surface area contributed by atoms with Gasteiger partial charge in [0, 0.05) is 30.4 Å². The lowest BCUT2D eigenvalue weighted by molar-refractivity contribution is -0.0188. The fourth-order valence-electron chi connectivity index (χ4n) is 1.91. The minimum Gasteiger partial charge on any atom is -0.382 e. The number of benzene rings is 1. The fourth-order valence-corrected chi connectivity index (χ4v) is 2.63. The molecule has 1 aliphatic rings. The van der Waals surface area contributed by atoms with Crippen molar-refractivity contribution in [3.63, 3.8) is 0 Å². The summed E-state index contributed by atoms with van der Waals surface area (Å²) >= 11 is 0. The highest BCUT2D eigenvalue weighted by atomic mass is 32.2. The third-order valence-electron chi connectivity index (χ3n) is 2.90. The Morgan fingerprint density at radius 3 is 2.36 bits per heavy atom. The monoisotopic (exact) mass is 326 g/mol. The highest BCUT2D eigenvalue weighted by Crippen LogP contribution is 2.30. The summed E-state index contributed by atoms with van der Waals surface area (Å²) in [5.41, 5.74) is 9.08. The van der Waals surface area contributed by atoms with Crippen LogP contribution >= 0.6 is 0 Å². The second kappa shape index (κ2) is 7.98. The van der Waals surface area contributed by atoms with Crippen molar-refractivity contribution in [3.8, 4) is 0 Å². The normalized spacial score (nSPS) is 16.4. The summed E-state index contributed by atoms with van der Waals surface area (Å²) in [4.78, 5) is 2.60. The number of ether oxygens (including phenoxy) is 1. The van der Waals surface area contributed by atoms with Crippen LogP contribution in [0.2, 0.25) is 0 Å². The molecule has 0 radical (unpaired) electrons. The van der Waals surface area contributed by atoms with Crippen molar-refractivity contribution in [2.75, 3.05) is 13.2 Å². The Bertz CT molecular complexity index is 704. The van der Waals surface area contributed by atoms with E-state index in [0.717, 1.165) is 13.2 Å². The van der Waals surface area contributed by atoms with Crippen molar-refractivity contribution in [1.82, 2.24) is 0 Å². The van der Waals surface area contributed by atoms with Crippen molar-refractivity contribution in [2.45, 2.75) is 24.8 Å². The summed E-state index contributed by atoms with van der Waals surface area (Å²) in [5, 5.41) is 9.79. The largest absolute Gasteiger partial charge is 0.382 e. The first-order valence-corrected chi connectivity index (χ1v) is 8.07. The van der Waals surface area contributed by atoms with E-state index in [1.165, 1.54) is 30.4 Å². The van der Waals surface area contributed by atoms with Gasteiger partial charge in [-0.2, -0.15) is 13.2 Å². The minimum absolute atomic E-state index is 0.00462. The SMILES string of the molecule is CCOCC.[N-]=[N+]=C1C=Cc2c(cccc2S(=O)(=O)O)C1O. The number of hydrogen-bond donors (Lipinski definition) is 2. The average molecular weight is 326 g/mol. The molecule has 0 saturated carbocycles. The lowest BCUT2D eigenvalue weighted by Crippen LogP contribution is -2.17. The number of fused-ring (bicyclic) bond motifs is 1. The van der Waals surface area contributed by atoms with Crippen molar-refractivity contribution in [3.05, 3.63) is 40.9 Å². The molecule has 0 spiro atoms. The van der Waals surface area contributed by atoms with Crippen LogP contribution in [0.4, 0.5) is 0 Å². The molecule has 0 amide bonds. The van der Waals surface area contributed by atoms with Crippen molar-refractivity contribution in [1.29, 1.82) is 0 Å². The van der Waals surface area contributed by atoms with Crippen LogP contribution < -0.4 is 0 Å². The van der Waals surface area contributed by atoms with Gasteiger partial charge in [-0.25, -0.2) is 0 Å². The second-order valence-corrected chi connectivity index (χ2v) is 5.67. The Labute approximate surface area is 129 Å². The van der Waals surface area contributed by atoms with E-state index >= 15 is 0 Å². The molecule has 7 nitrogen and oxygen atoms in total. The first-order valence-electron chi connectivity index (χ1n) is 6.63. The fraction of sp³-hybridized carbons (Fsp3) is 0.357. The molecule has 1 unspecified atom stereocenters. The molecule has 0 saturated heterocycles. The zero-order valence-electron chi connectivity index (χ0n) is 12.3. The van der Waals surface area contributed by atoms with Crippen LogP contribution in [0.1, 0.15) is 31.1 Å². The number of aliphatic hydroxyl groups is 1. The van der Waals surface area contributed by atoms with Gasteiger partial charge in [0.05, 0.1) is 0 Å². The van der Waals surface area contributed by atoms with Gasteiger partial charge < -0.3 is 15.4 Å². The molecule has 1 atom stereocenters. The smallest absolute Gasteiger partial charge is 0.324 e. The maximum atomic E-state index is 11.1. The lowest BCUT2D eigenvalue weighted by atomic mass is 9.93. The highest BCUT2D eigenvalue weighted by molar-refractivity contribution is 7.85. The average Bonchev–Trinajstić information content (AvgIpc) is 2.48. The van der Waals surface area contributed by atoms with E-state index in [1.807, 2.05) is 13.8 Å². The lowest BCUT2D eigenvalue weighted by Gasteiger charge is -2.15. The van der Waals surface area contributed by atoms with Gasteiger partial charge in [-0.15, -0.1) is 0 Å². The summed E-state index contributed by atoms with van der Waals surface area (Å²) in [6.07, 6.45) is 1.42. The van der Waals surface area contributed by atoms with Crippen molar-refractivity contribution < 1.29 is 27.6 Å². The molecule has 8 heteroatoms. The third kappa shape index (κ3) is 4.33. The second-order valence-electron chi connectivity index (χ2n) is 4.28. The van der Waals surface area contributed by atoms with E-state index < -0.39 is 16.2 Å². The molecule has 22 heavy (non-hydrogen) atoms. The van der Waals surface area contributed by atoms with Crippen LogP contribution in [0.15, 0.2) is 29.2 Å². The van der Waals surface area contributed by atoms with E-state index in [-0.39, 0.29) is 21.7 Å². The van der Waals surface area contributed by atoms with E-state index in [2.05, 4.69) is 4.79 Å². The zero-order valence-corrected chi connectivity index (χ0v) is 13.1. The Morgan fingerprint density at radius 2 is 1.91 bits per heavy atom. The van der Waals surface area contributed by atoms with E-state index in [0.29, 0.717) is 0 Å². The van der Waals surface area contributed by atoms with Crippen LogP contribution in [-0.2, 0) is 14.9 Å². The molecule has 120 valence electrons. The first kappa shape index (κ1) is 18.2. The topological polar surface area (TPSA) is 120 Å². The number of hydrogen-bond acceptors (Lipinski definition) is 4. The van der Waals surface area contributed by atoms with Gasteiger partial charge in [-0.05, 0) is 26.0 Å². The van der Waals surface area contributed by atoms with Gasteiger partial charge in [0.2, 0.25) is 0 Å². The predicted octanol–water partition coefficient (Wildman–Crippen LogP) is 1.71. The predicted molar refractivity (Wildman–Crippen MR) is 81.0 cm³/mol. The number of nitrogens with zero attached hydrogens (tertiary/aromatic N) is 2. The molecule has 1 aromatic carbocycles. The summed E-state index contributed by atoms with van der Waals surface area (Å²) in [5.74, 6) is 0. The molecule has 0 bridgehead atoms. The molecule has 1 aromatic rings. The maximum absolute atomic E-state index is 11.1. The van der Waals surface area contributed by atoms with Gasteiger partial charge in [0.15, 0.2) is 6.10 Å². The van der Waals surface area contributed by atoms with Gasteiger partial charge in [-0.3, -0.25) is 4.55 Å². The number of aliphatic hydroxyl groups excluding tert-OH is 1. The standard InChI is InChI=1S/C10H8N2O4S.C4H10O/c11-12-8-5-4-6-7(10(8)13)2-1-3-9(6)17(14,15)16;1-3-5-4-2/h1-5,10,13H,(H,14,15,16);3-4H2,1-2H3. The maximum Gasteiger partial charge on any atom is 0.324 e. The van der Waals surface area contributed by atoms with Crippen molar-refractivity contribution >= 4 is 21.9 Å². The number of rotatable bonds is 3. The van der Waals surface area contributed by atoms with Gasteiger partial charge in [0.25, 0.3) is 10.1 Å². The van der Waals surface area contributed by atoms with Crippen molar-refractivity contribution in [2.24, 2.45) is 0 Å². The van der Waals surface area contributed by atoms with Crippen LogP contribution in [-0.4, -0.2) is 41.8 Å². The summed E-state index contributed by atoms with van der Waals surface area (Å²) in [6, 6.07) is 4.11. The van der Waals surface area contributed by atoms with E-state index in [4.69, 9.17) is 14.8 Å². The Kier molecular flexibility index (Phi) is 6.61. The molecule has 1 aliphatic carbocycles. The molecule has 0 aliphatic heterocycles. The molecular weight excluding hydrogens is 308 g/mol. The quantitative estimate of drug-likeness (QED) is 0.497. The first-order chi connectivity index (χ1) is 10.4. The molecule has 0 fully saturated rings. The van der Waals surface area contributed by atoms with Gasteiger partial charge >= 0.3 is 5.71 Å². The molecule has 0 aromatic heterocycles. The summed E-state index contributed by atoms with van der Waals surface area (Å²) in [7, 11) is -4.36. The summed E-state index contributed by atoms with van der Waals surface area (Å²) in [6.45, 7) is 5.67. The minimum atomic E-state index is -4.36. The Hall–Kier alpha value is -1.83. The zero-order chi connectivity index (χ0) is 16.8. The van der Waals surface area contributed by atoms with Crippen LogP contribution in [0.5, 0.6) is 0 Å². The van der Waals surface area contributed by atoms with Crippen LogP contribution in [0.25, 0.3) is 11.6 Å². The molecule has 0 heterocycles.